The van der Waals surface area contributed by atoms with Crippen molar-refractivity contribution in [3.63, 3.8) is 0 Å². The van der Waals surface area contributed by atoms with Crippen LogP contribution in [0.4, 0.5) is 26.5 Å². The zero-order chi connectivity index (χ0) is 27.0. The second-order valence-electron chi connectivity index (χ2n) is 7.65. The first-order chi connectivity index (χ1) is 17.6. The standard InChI is InChI=1S/C27H22F6O4/c1-3-18(14-24(28)17(2)37-33)19-4-9-22(10-5-19)34-16-35-23-11-6-20(7-12-23)21-8-13-26(25(29)15-21)36-27(30,31)32/h4-15H,3,16H2,1-2H3/b18-14+,24-17-. The zero-order valence-corrected chi connectivity index (χ0v) is 19.7. The third-order valence-corrected chi connectivity index (χ3v) is 5.16. The number of ether oxygens (including phenoxy) is 3. The summed E-state index contributed by atoms with van der Waals surface area (Å²) in [6.45, 7) is 2.89. The molecule has 0 heterocycles. The highest BCUT2D eigenvalue weighted by atomic mass is 19.4. The van der Waals surface area contributed by atoms with Gasteiger partial charge in [-0.05, 0) is 71.2 Å². The van der Waals surface area contributed by atoms with E-state index in [1.54, 1.807) is 48.5 Å². The van der Waals surface area contributed by atoms with Crippen LogP contribution >= 0.6 is 0 Å². The molecule has 0 aliphatic heterocycles. The Morgan fingerprint density at radius 1 is 0.865 bits per heavy atom. The first-order valence-electron chi connectivity index (χ1n) is 11.0. The summed E-state index contributed by atoms with van der Waals surface area (Å²) in [5.74, 6) is -2.38. The van der Waals surface area contributed by atoms with Crippen LogP contribution in [-0.2, 0) is 4.94 Å². The Labute approximate surface area is 209 Å². The van der Waals surface area contributed by atoms with Gasteiger partial charge >= 0.3 is 6.36 Å². The molecule has 0 fully saturated rings. The lowest BCUT2D eigenvalue weighted by molar-refractivity contribution is -0.275. The summed E-state index contributed by atoms with van der Waals surface area (Å²) < 4.78 is 91.6. The van der Waals surface area contributed by atoms with Crippen LogP contribution in [0.15, 0.2) is 84.4 Å². The molecule has 0 aliphatic carbocycles. The molecule has 4 nitrogen and oxygen atoms in total. The molecule has 0 aliphatic rings. The molecule has 0 amide bonds. The Balaban J connectivity index is 1.57. The van der Waals surface area contributed by atoms with Crippen molar-refractivity contribution in [3.8, 4) is 28.4 Å². The number of hydrogen-bond acceptors (Lipinski definition) is 4. The van der Waals surface area contributed by atoms with Gasteiger partial charge in [-0.3, -0.25) is 4.94 Å². The monoisotopic (exact) mass is 524 g/mol. The minimum Gasteiger partial charge on any atom is -0.458 e. The molecule has 0 saturated carbocycles. The van der Waals surface area contributed by atoms with Crippen molar-refractivity contribution in [2.45, 2.75) is 26.6 Å². The molecule has 10 heteroatoms. The predicted octanol–water partition coefficient (Wildman–Crippen LogP) is 8.70. The first-order valence-corrected chi connectivity index (χ1v) is 11.0. The molecule has 3 aromatic carbocycles. The highest BCUT2D eigenvalue weighted by Crippen LogP contribution is 2.30. The molecule has 0 spiro atoms. The van der Waals surface area contributed by atoms with Crippen LogP contribution in [0.2, 0.25) is 0 Å². The molecule has 0 radical (unpaired) electrons. The van der Waals surface area contributed by atoms with Gasteiger partial charge in [0, 0.05) is 11.4 Å². The van der Waals surface area contributed by atoms with E-state index in [9.17, 15) is 26.5 Å². The number of hydrogen-bond donors (Lipinski definition) is 0. The highest BCUT2D eigenvalue weighted by Gasteiger charge is 2.32. The molecule has 3 rings (SSSR count). The maximum atomic E-state index is 14.0. The van der Waals surface area contributed by atoms with Gasteiger partial charge in [0.1, 0.15) is 11.5 Å². The lowest BCUT2D eigenvalue weighted by Crippen LogP contribution is -2.17. The van der Waals surface area contributed by atoms with Crippen molar-refractivity contribution < 1.29 is 45.6 Å². The normalized spacial score (nSPS) is 12.6. The van der Waals surface area contributed by atoms with Gasteiger partial charge in [0.2, 0.25) is 6.79 Å². The average Bonchev–Trinajstić information content (AvgIpc) is 2.88. The van der Waals surface area contributed by atoms with E-state index in [0.29, 0.717) is 34.6 Å². The number of rotatable bonds is 10. The van der Waals surface area contributed by atoms with E-state index in [1.165, 1.54) is 19.1 Å². The van der Waals surface area contributed by atoms with Crippen molar-refractivity contribution in [1.29, 1.82) is 0 Å². The summed E-state index contributed by atoms with van der Waals surface area (Å²) in [4.78, 5) is 3.42. The van der Waals surface area contributed by atoms with Crippen molar-refractivity contribution in [2.24, 2.45) is 0 Å². The SMILES string of the molecule is CC/C(=C\C(F)=C(/C)OF)c1ccc(OCOc2ccc(-c3ccc(OC(F)(F)F)c(F)c3)cc2)cc1. The van der Waals surface area contributed by atoms with Gasteiger partial charge in [-0.25, -0.2) is 8.78 Å². The summed E-state index contributed by atoms with van der Waals surface area (Å²) >= 11 is 0. The molecule has 0 aromatic heterocycles. The largest absolute Gasteiger partial charge is 0.573 e. The van der Waals surface area contributed by atoms with Crippen LogP contribution < -0.4 is 14.2 Å². The van der Waals surface area contributed by atoms with Gasteiger partial charge in [-0.1, -0.05) is 37.3 Å². The molecule has 196 valence electrons. The van der Waals surface area contributed by atoms with Crippen molar-refractivity contribution in [2.75, 3.05) is 6.79 Å². The summed E-state index contributed by atoms with van der Waals surface area (Å²) in [6, 6.07) is 16.4. The van der Waals surface area contributed by atoms with Crippen LogP contribution in [0.3, 0.4) is 0 Å². The van der Waals surface area contributed by atoms with Gasteiger partial charge in [0.05, 0.1) is 0 Å². The molecule has 37 heavy (non-hydrogen) atoms. The summed E-state index contributed by atoms with van der Waals surface area (Å²) in [7, 11) is 0. The second kappa shape index (κ2) is 12.2. The van der Waals surface area contributed by atoms with Crippen molar-refractivity contribution in [1.82, 2.24) is 0 Å². The fourth-order valence-corrected chi connectivity index (χ4v) is 3.24. The zero-order valence-electron chi connectivity index (χ0n) is 19.7. The van der Waals surface area contributed by atoms with Crippen molar-refractivity contribution >= 4 is 5.57 Å². The quantitative estimate of drug-likeness (QED) is 0.115. The Hall–Kier alpha value is -4.08. The maximum absolute atomic E-state index is 14.0. The minimum absolute atomic E-state index is 0.127. The van der Waals surface area contributed by atoms with E-state index in [4.69, 9.17) is 9.47 Å². The Bertz CT molecular complexity index is 1250. The minimum atomic E-state index is -4.98. The maximum Gasteiger partial charge on any atom is 0.573 e. The van der Waals surface area contributed by atoms with E-state index in [-0.39, 0.29) is 6.79 Å². The predicted molar refractivity (Wildman–Crippen MR) is 125 cm³/mol. The van der Waals surface area contributed by atoms with E-state index >= 15 is 0 Å². The van der Waals surface area contributed by atoms with Crippen LogP contribution in [0.5, 0.6) is 17.2 Å². The van der Waals surface area contributed by atoms with Gasteiger partial charge in [-0.15, -0.1) is 13.2 Å². The van der Waals surface area contributed by atoms with Crippen LogP contribution in [0.1, 0.15) is 25.8 Å². The highest BCUT2D eigenvalue weighted by molar-refractivity contribution is 5.68. The van der Waals surface area contributed by atoms with Gasteiger partial charge in [0.15, 0.2) is 23.2 Å². The molecule has 0 saturated heterocycles. The van der Waals surface area contributed by atoms with E-state index < -0.39 is 29.5 Å². The van der Waals surface area contributed by atoms with Crippen LogP contribution in [0.25, 0.3) is 16.7 Å². The summed E-state index contributed by atoms with van der Waals surface area (Å²) in [6.07, 6.45) is -3.27. The lowest BCUT2D eigenvalue weighted by Gasteiger charge is -2.12. The van der Waals surface area contributed by atoms with E-state index in [0.717, 1.165) is 17.7 Å². The third-order valence-electron chi connectivity index (χ3n) is 5.16. The first kappa shape index (κ1) is 27.5. The summed E-state index contributed by atoms with van der Waals surface area (Å²) in [5.41, 5.74) is 2.28. The van der Waals surface area contributed by atoms with Crippen LogP contribution in [0, 0.1) is 5.82 Å². The topological polar surface area (TPSA) is 36.9 Å². The molecule has 0 atom stereocenters. The molecular formula is C27H22F6O4. The van der Waals surface area contributed by atoms with Gasteiger partial charge < -0.3 is 14.2 Å². The average molecular weight is 524 g/mol. The van der Waals surface area contributed by atoms with Crippen molar-refractivity contribution in [3.05, 3.63) is 95.8 Å². The molecule has 3 aromatic rings. The fourth-order valence-electron chi connectivity index (χ4n) is 3.24. The third kappa shape index (κ3) is 7.96. The fraction of sp³-hybridized carbons (Fsp3) is 0.185. The van der Waals surface area contributed by atoms with Gasteiger partial charge in [-0.2, -0.15) is 0 Å². The molecular weight excluding hydrogens is 502 g/mol. The number of allylic oxidation sites excluding steroid dienone is 4. The Morgan fingerprint density at radius 2 is 1.43 bits per heavy atom. The number of halogens is 6. The summed E-state index contributed by atoms with van der Waals surface area (Å²) in [5, 5.41) is 0. The molecule has 0 unspecified atom stereocenters. The molecule has 0 N–H and O–H groups in total. The van der Waals surface area contributed by atoms with Gasteiger partial charge in [0.25, 0.3) is 0 Å². The smallest absolute Gasteiger partial charge is 0.458 e. The molecule has 0 bridgehead atoms. The van der Waals surface area contributed by atoms with E-state index in [2.05, 4.69) is 9.68 Å². The Kier molecular flexibility index (Phi) is 9.10. The Morgan fingerprint density at radius 3 is 1.95 bits per heavy atom. The second-order valence-corrected chi connectivity index (χ2v) is 7.65. The number of alkyl halides is 3. The van der Waals surface area contributed by atoms with Crippen LogP contribution in [-0.4, -0.2) is 13.2 Å². The van der Waals surface area contributed by atoms with E-state index in [1.807, 2.05) is 6.92 Å². The number of benzene rings is 3. The lowest BCUT2D eigenvalue weighted by atomic mass is 10.0.